The summed E-state index contributed by atoms with van der Waals surface area (Å²) in [6.07, 6.45) is 2.18. The number of amides is 1. The average molecular weight is 324 g/mol. The summed E-state index contributed by atoms with van der Waals surface area (Å²) in [5.74, 6) is 0.678. The first kappa shape index (κ1) is 13.7. The van der Waals surface area contributed by atoms with Gasteiger partial charge in [0, 0.05) is 6.54 Å². The summed E-state index contributed by atoms with van der Waals surface area (Å²) in [4.78, 5) is 11.8. The van der Waals surface area contributed by atoms with Gasteiger partial charge < -0.3 is 14.5 Å². The van der Waals surface area contributed by atoms with Crippen LogP contribution in [0.4, 0.5) is 0 Å². The molecule has 0 radical (unpaired) electrons. The molecule has 4 nitrogen and oxygen atoms in total. The van der Waals surface area contributed by atoms with Crippen LogP contribution in [0.5, 0.6) is 5.75 Å². The molecule has 0 unspecified atom stereocenters. The molecule has 0 spiro atoms. The van der Waals surface area contributed by atoms with Crippen molar-refractivity contribution in [2.24, 2.45) is 0 Å². The third kappa shape index (κ3) is 3.38. The van der Waals surface area contributed by atoms with Crippen molar-refractivity contribution < 1.29 is 13.9 Å². The Balaban J connectivity index is 1.90. The number of para-hydroxylation sites is 1. The summed E-state index contributed by atoms with van der Waals surface area (Å²) in [5.41, 5.74) is 1.57. The number of halogens is 1. The van der Waals surface area contributed by atoms with E-state index in [-0.39, 0.29) is 5.91 Å². The lowest BCUT2D eigenvalue weighted by atomic mass is 10.1. The van der Waals surface area contributed by atoms with E-state index in [0.29, 0.717) is 23.2 Å². The monoisotopic (exact) mass is 323 g/mol. The van der Waals surface area contributed by atoms with Crippen molar-refractivity contribution in [2.45, 2.75) is 6.42 Å². The molecule has 0 aliphatic heterocycles. The molecule has 1 amide bonds. The molecule has 1 heterocycles. The minimum Gasteiger partial charge on any atom is -0.496 e. The van der Waals surface area contributed by atoms with E-state index in [2.05, 4.69) is 21.2 Å². The first-order valence-corrected chi connectivity index (χ1v) is 6.64. The van der Waals surface area contributed by atoms with Gasteiger partial charge in [0.05, 0.1) is 18.9 Å². The number of benzene rings is 1. The fraction of sp³-hybridized carbons (Fsp3) is 0.214. The largest absolute Gasteiger partial charge is 0.496 e. The lowest BCUT2D eigenvalue weighted by Crippen LogP contribution is -2.25. The predicted molar refractivity (Wildman–Crippen MR) is 75.4 cm³/mol. The van der Waals surface area contributed by atoms with E-state index in [9.17, 15) is 4.79 Å². The Hall–Kier alpha value is -1.75. The highest BCUT2D eigenvalue weighted by molar-refractivity contribution is 9.10. The zero-order valence-corrected chi connectivity index (χ0v) is 12.1. The Kier molecular flexibility index (Phi) is 4.63. The van der Waals surface area contributed by atoms with E-state index in [4.69, 9.17) is 9.15 Å². The van der Waals surface area contributed by atoms with Crippen LogP contribution in [0.3, 0.4) is 0 Å². The van der Waals surface area contributed by atoms with Gasteiger partial charge in [-0.05, 0) is 40.0 Å². The van der Waals surface area contributed by atoms with Gasteiger partial charge in [0.2, 0.25) is 0 Å². The molecule has 0 saturated carbocycles. The van der Waals surface area contributed by atoms with Gasteiger partial charge in [0.15, 0.2) is 4.67 Å². The lowest BCUT2D eigenvalue weighted by molar-refractivity contribution is 0.0952. The highest BCUT2D eigenvalue weighted by atomic mass is 79.9. The van der Waals surface area contributed by atoms with E-state index in [1.165, 1.54) is 6.26 Å². The lowest BCUT2D eigenvalue weighted by Gasteiger charge is -2.08. The van der Waals surface area contributed by atoms with E-state index < -0.39 is 0 Å². The number of carbonyl (C=O) groups is 1. The quantitative estimate of drug-likeness (QED) is 0.920. The van der Waals surface area contributed by atoms with Crippen molar-refractivity contribution in [1.29, 1.82) is 0 Å². The van der Waals surface area contributed by atoms with Crippen LogP contribution in [0.2, 0.25) is 0 Å². The fourth-order valence-electron chi connectivity index (χ4n) is 1.77. The summed E-state index contributed by atoms with van der Waals surface area (Å²) in [7, 11) is 1.64. The summed E-state index contributed by atoms with van der Waals surface area (Å²) in [6, 6.07) is 9.39. The zero-order chi connectivity index (χ0) is 13.7. The van der Waals surface area contributed by atoms with Crippen molar-refractivity contribution in [3.8, 4) is 5.75 Å². The van der Waals surface area contributed by atoms with Gasteiger partial charge >= 0.3 is 0 Å². The Bertz CT molecular complexity index is 565. The molecule has 100 valence electrons. The van der Waals surface area contributed by atoms with Crippen molar-refractivity contribution in [2.75, 3.05) is 13.7 Å². The van der Waals surface area contributed by atoms with Crippen molar-refractivity contribution in [3.63, 3.8) is 0 Å². The fourth-order valence-corrected chi connectivity index (χ4v) is 2.19. The number of hydrogen-bond acceptors (Lipinski definition) is 3. The number of hydrogen-bond donors (Lipinski definition) is 1. The predicted octanol–water partition coefficient (Wildman–Crippen LogP) is 3.02. The smallest absolute Gasteiger partial charge is 0.255 e. The second-order valence-corrected chi connectivity index (χ2v) is 4.65. The maximum Gasteiger partial charge on any atom is 0.255 e. The topological polar surface area (TPSA) is 51.5 Å². The van der Waals surface area contributed by atoms with Crippen LogP contribution in [0, 0.1) is 0 Å². The molecule has 2 aromatic rings. The van der Waals surface area contributed by atoms with Crippen LogP contribution in [0.25, 0.3) is 0 Å². The molecular weight excluding hydrogens is 310 g/mol. The summed E-state index contributed by atoms with van der Waals surface area (Å²) >= 11 is 3.18. The summed E-state index contributed by atoms with van der Waals surface area (Å²) < 4.78 is 10.7. The maximum absolute atomic E-state index is 11.8. The zero-order valence-electron chi connectivity index (χ0n) is 10.5. The average Bonchev–Trinajstić information content (AvgIpc) is 2.85. The molecule has 1 N–H and O–H groups in total. The molecule has 2 rings (SSSR count). The van der Waals surface area contributed by atoms with Gasteiger partial charge in [-0.1, -0.05) is 18.2 Å². The van der Waals surface area contributed by atoms with Gasteiger partial charge in [0.1, 0.15) is 5.75 Å². The molecule has 0 saturated heterocycles. The second kappa shape index (κ2) is 6.43. The summed E-state index contributed by atoms with van der Waals surface area (Å²) in [5, 5.41) is 2.84. The molecular formula is C14H14BrNO3. The van der Waals surface area contributed by atoms with Gasteiger partial charge in [0.25, 0.3) is 5.91 Å². The third-order valence-electron chi connectivity index (χ3n) is 2.74. The molecule has 0 bridgehead atoms. The Morgan fingerprint density at radius 2 is 2.16 bits per heavy atom. The van der Waals surface area contributed by atoms with Crippen LogP contribution in [-0.2, 0) is 6.42 Å². The number of nitrogens with one attached hydrogen (secondary N) is 1. The standard InChI is InChI=1S/C14H14BrNO3/c1-18-12-5-3-2-4-10(12)6-8-16-14(17)11-7-9-19-13(11)15/h2-5,7,9H,6,8H2,1H3,(H,16,17). The molecule has 0 fully saturated rings. The van der Waals surface area contributed by atoms with Crippen molar-refractivity contribution in [3.05, 3.63) is 52.4 Å². The van der Waals surface area contributed by atoms with E-state index in [1.807, 2.05) is 24.3 Å². The van der Waals surface area contributed by atoms with Crippen LogP contribution in [0.1, 0.15) is 15.9 Å². The Labute approximate surface area is 119 Å². The SMILES string of the molecule is COc1ccccc1CCNC(=O)c1ccoc1Br. The first-order chi connectivity index (χ1) is 9.22. The number of rotatable bonds is 5. The highest BCUT2D eigenvalue weighted by Crippen LogP contribution is 2.18. The first-order valence-electron chi connectivity index (χ1n) is 5.85. The normalized spacial score (nSPS) is 10.2. The molecule has 5 heteroatoms. The molecule has 1 aromatic heterocycles. The van der Waals surface area contributed by atoms with Gasteiger partial charge in [-0.3, -0.25) is 4.79 Å². The van der Waals surface area contributed by atoms with Gasteiger partial charge in [-0.15, -0.1) is 0 Å². The minimum absolute atomic E-state index is 0.157. The van der Waals surface area contributed by atoms with E-state index in [0.717, 1.165) is 11.3 Å². The van der Waals surface area contributed by atoms with Crippen LogP contribution < -0.4 is 10.1 Å². The van der Waals surface area contributed by atoms with E-state index >= 15 is 0 Å². The van der Waals surface area contributed by atoms with Crippen molar-refractivity contribution >= 4 is 21.8 Å². The number of carbonyl (C=O) groups excluding carboxylic acids is 1. The number of furan rings is 1. The minimum atomic E-state index is -0.157. The van der Waals surface area contributed by atoms with Crippen molar-refractivity contribution in [1.82, 2.24) is 5.32 Å². The van der Waals surface area contributed by atoms with Gasteiger partial charge in [-0.2, -0.15) is 0 Å². The maximum atomic E-state index is 11.8. The molecule has 0 aliphatic carbocycles. The molecule has 0 atom stereocenters. The van der Waals surface area contributed by atoms with Crippen LogP contribution in [-0.4, -0.2) is 19.6 Å². The molecule has 1 aromatic carbocycles. The summed E-state index contributed by atoms with van der Waals surface area (Å²) in [6.45, 7) is 0.539. The molecule has 0 aliphatic rings. The number of methoxy groups -OCH3 is 1. The Morgan fingerprint density at radius 1 is 1.37 bits per heavy atom. The highest BCUT2D eigenvalue weighted by Gasteiger charge is 2.12. The van der Waals surface area contributed by atoms with Gasteiger partial charge in [-0.25, -0.2) is 0 Å². The number of ether oxygens (including phenoxy) is 1. The second-order valence-electron chi connectivity index (χ2n) is 3.93. The van der Waals surface area contributed by atoms with Crippen LogP contribution >= 0.6 is 15.9 Å². The molecule has 19 heavy (non-hydrogen) atoms. The Morgan fingerprint density at radius 3 is 2.84 bits per heavy atom. The van der Waals surface area contributed by atoms with Crippen LogP contribution in [0.15, 0.2) is 45.7 Å². The third-order valence-corrected chi connectivity index (χ3v) is 3.35. The van der Waals surface area contributed by atoms with E-state index in [1.54, 1.807) is 13.2 Å².